The van der Waals surface area contributed by atoms with Gasteiger partial charge in [0.2, 0.25) is 0 Å². The van der Waals surface area contributed by atoms with Crippen LogP contribution in [0.2, 0.25) is 0 Å². The van der Waals surface area contributed by atoms with Crippen LogP contribution in [0.1, 0.15) is 23.2 Å². The molecule has 0 aliphatic carbocycles. The van der Waals surface area contributed by atoms with E-state index in [2.05, 4.69) is 15.6 Å². The number of carbonyl (C=O) groups excluding carboxylic acids is 1. The van der Waals surface area contributed by atoms with E-state index in [1.165, 1.54) is 0 Å². The highest BCUT2D eigenvalue weighted by atomic mass is 16.5. The summed E-state index contributed by atoms with van der Waals surface area (Å²) in [5, 5.41) is 5.84. The van der Waals surface area contributed by atoms with Crippen LogP contribution >= 0.6 is 0 Å². The molecule has 5 heteroatoms. The van der Waals surface area contributed by atoms with Crippen molar-refractivity contribution in [1.82, 2.24) is 10.3 Å². The third-order valence-corrected chi connectivity index (χ3v) is 3.09. The van der Waals surface area contributed by atoms with Gasteiger partial charge in [-0.2, -0.15) is 0 Å². The van der Waals surface area contributed by atoms with Crippen LogP contribution in [0.15, 0.2) is 18.3 Å². The molecule has 0 radical (unpaired) electrons. The Hall–Kier alpha value is -1.62. The molecule has 1 saturated heterocycles. The summed E-state index contributed by atoms with van der Waals surface area (Å²) in [6, 6.07) is 3.56. The number of anilines is 1. The van der Waals surface area contributed by atoms with Crippen molar-refractivity contribution in [2.24, 2.45) is 5.92 Å². The van der Waals surface area contributed by atoms with Gasteiger partial charge in [-0.15, -0.1) is 0 Å². The summed E-state index contributed by atoms with van der Waals surface area (Å²) in [4.78, 5) is 16.0. The minimum Gasteiger partial charge on any atom is -0.381 e. The molecule has 1 atom stereocenters. The molecule has 1 aliphatic rings. The van der Waals surface area contributed by atoms with Crippen LogP contribution in [0.5, 0.6) is 0 Å². The summed E-state index contributed by atoms with van der Waals surface area (Å²) in [5.74, 6) is 1.12. The highest BCUT2D eigenvalue weighted by Crippen LogP contribution is 2.12. The number of hydrogen-bond donors (Lipinski definition) is 2. The van der Waals surface area contributed by atoms with E-state index in [0.717, 1.165) is 31.9 Å². The zero-order chi connectivity index (χ0) is 12.8. The molecular formula is C13H19N3O2. The quantitative estimate of drug-likeness (QED) is 0.843. The van der Waals surface area contributed by atoms with Crippen LogP contribution in [-0.2, 0) is 4.74 Å². The van der Waals surface area contributed by atoms with E-state index >= 15 is 0 Å². The Morgan fingerprint density at radius 1 is 1.56 bits per heavy atom. The number of nitrogens with one attached hydrogen (secondary N) is 2. The number of carbonyl (C=O) groups is 1. The first-order valence-electron chi connectivity index (χ1n) is 6.29. The van der Waals surface area contributed by atoms with Crippen molar-refractivity contribution < 1.29 is 9.53 Å². The summed E-state index contributed by atoms with van der Waals surface area (Å²) in [7, 11) is 1.80. The van der Waals surface area contributed by atoms with E-state index < -0.39 is 0 Å². The van der Waals surface area contributed by atoms with Crippen molar-refractivity contribution in [3.8, 4) is 0 Å². The summed E-state index contributed by atoms with van der Waals surface area (Å²) in [6.07, 6.45) is 3.79. The van der Waals surface area contributed by atoms with Crippen LogP contribution in [-0.4, -0.2) is 37.7 Å². The summed E-state index contributed by atoms with van der Waals surface area (Å²) in [5.41, 5.74) is 0.589. The van der Waals surface area contributed by atoms with Crippen LogP contribution in [0.25, 0.3) is 0 Å². The fourth-order valence-electron chi connectivity index (χ4n) is 1.98. The molecule has 2 N–H and O–H groups in total. The lowest BCUT2D eigenvalue weighted by Gasteiger charge is -2.22. The van der Waals surface area contributed by atoms with E-state index in [4.69, 9.17) is 4.74 Å². The van der Waals surface area contributed by atoms with Gasteiger partial charge in [0.25, 0.3) is 5.91 Å². The minimum atomic E-state index is -0.0734. The molecular weight excluding hydrogens is 230 g/mol. The Morgan fingerprint density at radius 3 is 3.06 bits per heavy atom. The van der Waals surface area contributed by atoms with Crippen molar-refractivity contribution in [1.29, 1.82) is 0 Å². The molecule has 1 fully saturated rings. The Morgan fingerprint density at radius 2 is 2.44 bits per heavy atom. The zero-order valence-electron chi connectivity index (χ0n) is 10.6. The normalized spacial score (nSPS) is 19.3. The second kappa shape index (κ2) is 6.35. The molecule has 5 nitrogen and oxygen atoms in total. The van der Waals surface area contributed by atoms with Gasteiger partial charge in [-0.05, 0) is 30.9 Å². The zero-order valence-corrected chi connectivity index (χ0v) is 10.6. The number of amides is 1. The van der Waals surface area contributed by atoms with Crippen LogP contribution < -0.4 is 10.6 Å². The molecule has 2 heterocycles. The van der Waals surface area contributed by atoms with Crippen molar-refractivity contribution in [2.45, 2.75) is 12.8 Å². The van der Waals surface area contributed by atoms with Crippen molar-refractivity contribution in [3.05, 3.63) is 23.9 Å². The highest BCUT2D eigenvalue weighted by Gasteiger charge is 2.15. The maximum Gasteiger partial charge on any atom is 0.252 e. The fourth-order valence-corrected chi connectivity index (χ4v) is 1.98. The Labute approximate surface area is 107 Å². The topological polar surface area (TPSA) is 63.2 Å². The van der Waals surface area contributed by atoms with Gasteiger partial charge >= 0.3 is 0 Å². The summed E-state index contributed by atoms with van der Waals surface area (Å²) < 4.78 is 5.38. The lowest BCUT2D eigenvalue weighted by atomic mass is 10.0. The smallest absolute Gasteiger partial charge is 0.252 e. The predicted molar refractivity (Wildman–Crippen MR) is 69.7 cm³/mol. The molecule has 0 saturated carbocycles. The monoisotopic (exact) mass is 249 g/mol. The maximum atomic E-state index is 11.9. The molecule has 1 unspecified atom stereocenters. The lowest BCUT2D eigenvalue weighted by Crippen LogP contribution is -2.33. The number of nitrogens with zero attached hydrogens (tertiary/aromatic N) is 1. The van der Waals surface area contributed by atoms with Gasteiger partial charge in [0.1, 0.15) is 5.82 Å². The SMILES string of the molecule is CNc1ccc(C(=O)NCC2CCCOC2)cn1. The molecule has 0 aromatic carbocycles. The molecule has 0 spiro atoms. The van der Waals surface area contributed by atoms with E-state index in [1.807, 2.05) is 0 Å². The largest absolute Gasteiger partial charge is 0.381 e. The first kappa shape index (κ1) is 12.8. The van der Waals surface area contributed by atoms with Gasteiger partial charge in [-0.25, -0.2) is 4.98 Å². The van der Waals surface area contributed by atoms with Crippen LogP contribution in [0, 0.1) is 5.92 Å². The summed E-state index contributed by atoms with van der Waals surface area (Å²) >= 11 is 0. The second-order valence-electron chi connectivity index (χ2n) is 4.48. The molecule has 1 aromatic rings. The maximum absolute atomic E-state index is 11.9. The van der Waals surface area contributed by atoms with Crippen molar-refractivity contribution >= 4 is 11.7 Å². The highest BCUT2D eigenvalue weighted by molar-refractivity contribution is 5.94. The Balaban J connectivity index is 1.82. The first-order chi connectivity index (χ1) is 8.79. The van der Waals surface area contributed by atoms with Crippen molar-refractivity contribution in [3.63, 3.8) is 0 Å². The second-order valence-corrected chi connectivity index (χ2v) is 4.48. The van der Waals surface area contributed by atoms with E-state index in [-0.39, 0.29) is 5.91 Å². The van der Waals surface area contributed by atoms with Gasteiger partial charge in [-0.3, -0.25) is 4.79 Å². The average molecular weight is 249 g/mol. The first-order valence-corrected chi connectivity index (χ1v) is 6.29. The Bertz CT molecular complexity index is 386. The van der Waals surface area contributed by atoms with Crippen LogP contribution in [0.3, 0.4) is 0 Å². The van der Waals surface area contributed by atoms with Gasteiger partial charge in [0.05, 0.1) is 12.2 Å². The molecule has 2 rings (SSSR count). The molecule has 0 bridgehead atoms. The van der Waals surface area contributed by atoms with Gasteiger partial charge < -0.3 is 15.4 Å². The number of pyridine rings is 1. The van der Waals surface area contributed by atoms with E-state index in [1.54, 1.807) is 25.4 Å². The predicted octanol–water partition coefficient (Wildman–Crippen LogP) is 1.28. The van der Waals surface area contributed by atoms with Gasteiger partial charge in [0.15, 0.2) is 0 Å². The van der Waals surface area contributed by atoms with Crippen LogP contribution in [0.4, 0.5) is 5.82 Å². The molecule has 1 aliphatic heterocycles. The third kappa shape index (κ3) is 3.43. The Kier molecular flexibility index (Phi) is 4.52. The number of rotatable bonds is 4. The summed E-state index contributed by atoms with van der Waals surface area (Å²) in [6.45, 7) is 2.27. The van der Waals surface area contributed by atoms with E-state index in [9.17, 15) is 4.79 Å². The average Bonchev–Trinajstić information content (AvgIpc) is 2.46. The molecule has 1 amide bonds. The molecule has 18 heavy (non-hydrogen) atoms. The number of aromatic nitrogens is 1. The van der Waals surface area contributed by atoms with E-state index in [0.29, 0.717) is 18.0 Å². The van der Waals surface area contributed by atoms with Crippen molar-refractivity contribution in [2.75, 3.05) is 32.1 Å². The lowest BCUT2D eigenvalue weighted by molar-refractivity contribution is 0.0536. The van der Waals surface area contributed by atoms with Gasteiger partial charge in [0, 0.05) is 26.4 Å². The number of ether oxygens (including phenoxy) is 1. The minimum absolute atomic E-state index is 0.0734. The fraction of sp³-hybridized carbons (Fsp3) is 0.538. The molecule has 98 valence electrons. The van der Waals surface area contributed by atoms with Gasteiger partial charge in [-0.1, -0.05) is 0 Å². The third-order valence-electron chi connectivity index (χ3n) is 3.09. The molecule has 1 aromatic heterocycles. The standard InChI is InChI=1S/C13H19N3O2/c1-14-12-5-4-11(8-15-12)13(17)16-7-10-3-2-6-18-9-10/h4-5,8,10H,2-3,6-7,9H2,1H3,(H,14,15)(H,16,17). The number of hydrogen-bond acceptors (Lipinski definition) is 4.